The number of hydrogen-bond donors (Lipinski definition) is 1. The fourth-order valence-corrected chi connectivity index (χ4v) is 4.11. The van der Waals surface area contributed by atoms with E-state index in [4.69, 9.17) is 9.05 Å². The molecule has 0 aliphatic rings. The van der Waals surface area contributed by atoms with Gasteiger partial charge in [-0.25, -0.2) is 4.57 Å². The van der Waals surface area contributed by atoms with Crippen LogP contribution in [0.3, 0.4) is 0 Å². The van der Waals surface area contributed by atoms with E-state index in [1.807, 2.05) is 19.1 Å². The molecule has 2 aromatic rings. The van der Waals surface area contributed by atoms with Crippen molar-refractivity contribution in [3.05, 3.63) is 60.7 Å². The molecule has 0 saturated heterocycles. The lowest BCUT2D eigenvalue weighted by Crippen LogP contribution is -2.43. The molecular formula is C19H25N2O4P. The monoisotopic (exact) mass is 376 g/mol. The summed E-state index contributed by atoms with van der Waals surface area (Å²) in [4.78, 5) is 13.8. The third kappa shape index (κ3) is 5.90. The number of para-hydroxylation sites is 2. The van der Waals surface area contributed by atoms with Crippen LogP contribution in [0, 0.1) is 0 Å². The molecule has 1 unspecified atom stereocenters. The third-order valence-electron chi connectivity index (χ3n) is 3.62. The van der Waals surface area contributed by atoms with Crippen LogP contribution in [0.25, 0.3) is 0 Å². The number of nitrogens with zero attached hydrogens (tertiary/aromatic N) is 1. The maximum atomic E-state index is 13.4. The summed E-state index contributed by atoms with van der Waals surface area (Å²) in [6.45, 7) is 4.36. The van der Waals surface area contributed by atoms with E-state index in [1.54, 1.807) is 62.5 Å². The van der Waals surface area contributed by atoms with Crippen molar-refractivity contribution in [2.45, 2.75) is 19.9 Å². The maximum Gasteiger partial charge on any atom is 0.449 e. The topological polar surface area (TPSA) is 67.9 Å². The van der Waals surface area contributed by atoms with E-state index in [1.165, 1.54) is 4.90 Å². The van der Waals surface area contributed by atoms with Crippen molar-refractivity contribution < 1.29 is 18.4 Å². The Morgan fingerprint density at radius 3 is 1.92 bits per heavy atom. The average Bonchev–Trinajstić information content (AvgIpc) is 2.62. The van der Waals surface area contributed by atoms with Crippen LogP contribution in [-0.2, 0) is 9.36 Å². The van der Waals surface area contributed by atoms with Crippen molar-refractivity contribution in [3.63, 3.8) is 0 Å². The first kappa shape index (κ1) is 20.0. The second-order valence-corrected chi connectivity index (χ2v) is 7.75. The predicted octanol–water partition coefficient (Wildman–Crippen LogP) is 3.75. The zero-order valence-electron chi connectivity index (χ0n) is 15.3. The fourth-order valence-electron chi connectivity index (χ4n) is 2.41. The number of rotatable bonds is 9. The second kappa shape index (κ2) is 9.41. The molecule has 140 valence electrons. The lowest BCUT2D eigenvalue weighted by molar-refractivity contribution is -0.131. The van der Waals surface area contributed by atoms with Crippen molar-refractivity contribution in [3.8, 4) is 11.5 Å². The van der Waals surface area contributed by atoms with Gasteiger partial charge in [0.2, 0.25) is 5.91 Å². The van der Waals surface area contributed by atoms with Gasteiger partial charge in [-0.3, -0.25) is 4.79 Å². The normalized spacial score (nSPS) is 12.3. The molecule has 0 saturated carbocycles. The average molecular weight is 376 g/mol. The molecule has 7 heteroatoms. The molecular weight excluding hydrogens is 351 g/mol. The molecule has 0 aliphatic carbocycles. The number of nitrogens with one attached hydrogen (secondary N) is 1. The smallest absolute Gasteiger partial charge is 0.415 e. The summed E-state index contributed by atoms with van der Waals surface area (Å²) in [5.74, 6) is 0.667. The first-order valence-electron chi connectivity index (χ1n) is 8.50. The van der Waals surface area contributed by atoms with Crippen molar-refractivity contribution in [2.24, 2.45) is 0 Å². The Balaban J connectivity index is 2.19. The number of benzene rings is 2. The summed E-state index contributed by atoms with van der Waals surface area (Å²) in [6.07, 6.45) is -0.161. The molecule has 1 atom stereocenters. The summed E-state index contributed by atoms with van der Waals surface area (Å²) in [5, 5.41) is 3.05. The van der Waals surface area contributed by atoms with Crippen molar-refractivity contribution in [1.82, 2.24) is 10.2 Å². The number of carbonyl (C=O) groups is 1. The van der Waals surface area contributed by atoms with Gasteiger partial charge in [0.25, 0.3) is 0 Å². The van der Waals surface area contributed by atoms with E-state index in [-0.39, 0.29) is 18.2 Å². The summed E-state index contributed by atoms with van der Waals surface area (Å²) in [5.41, 5.74) is 0. The molecule has 0 spiro atoms. The van der Waals surface area contributed by atoms with Gasteiger partial charge in [-0.1, -0.05) is 43.3 Å². The van der Waals surface area contributed by atoms with Crippen molar-refractivity contribution >= 4 is 13.5 Å². The Labute approximate surface area is 154 Å². The van der Waals surface area contributed by atoms with Gasteiger partial charge in [-0.05, 0) is 37.7 Å². The molecule has 2 rings (SSSR count). The van der Waals surface area contributed by atoms with Crippen molar-refractivity contribution in [2.75, 3.05) is 19.9 Å². The van der Waals surface area contributed by atoms with Gasteiger partial charge in [0.1, 0.15) is 17.8 Å². The van der Waals surface area contributed by atoms with E-state index in [0.717, 1.165) is 0 Å². The molecule has 6 nitrogen and oxygen atoms in total. The Kier molecular flexibility index (Phi) is 7.25. The zero-order chi connectivity index (χ0) is 19.0. The van der Waals surface area contributed by atoms with E-state index < -0.39 is 7.60 Å². The van der Waals surface area contributed by atoms with Crippen LogP contribution < -0.4 is 14.4 Å². The molecule has 0 fully saturated rings. The molecule has 0 radical (unpaired) electrons. The van der Waals surface area contributed by atoms with E-state index in [2.05, 4.69) is 5.32 Å². The number of likely N-dealkylation sites (N-methyl/N-ethyl adjacent to an activating group) is 2. The molecule has 0 aromatic heterocycles. The van der Waals surface area contributed by atoms with E-state index in [9.17, 15) is 9.36 Å². The number of carbonyl (C=O) groups excluding carboxylic acids is 1. The number of hydrogen-bond acceptors (Lipinski definition) is 5. The van der Waals surface area contributed by atoms with Crippen LogP contribution in [0.5, 0.6) is 11.5 Å². The summed E-state index contributed by atoms with van der Waals surface area (Å²) in [7, 11) is -2.07. The van der Waals surface area contributed by atoms with Crippen LogP contribution >= 0.6 is 7.60 Å². The molecule has 1 N–H and O–H groups in total. The lowest BCUT2D eigenvalue weighted by atomic mass is 10.3. The van der Waals surface area contributed by atoms with Gasteiger partial charge in [0.05, 0.1) is 6.04 Å². The highest BCUT2D eigenvalue weighted by Gasteiger charge is 2.33. The summed E-state index contributed by atoms with van der Waals surface area (Å²) >= 11 is 0. The fraction of sp³-hybridized carbons (Fsp3) is 0.316. The van der Waals surface area contributed by atoms with Gasteiger partial charge in [-0.2, -0.15) is 0 Å². The highest BCUT2D eigenvalue weighted by molar-refractivity contribution is 7.54. The molecule has 0 aliphatic heterocycles. The largest absolute Gasteiger partial charge is 0.449 e. The van der Waals surface area contributed by atoms with Gasteiger partial charge >= 0.3 is 7.60 Å². The van der Waals surface area contributed by atoms with Crippen LogP contribution in [0.4, 0.5) is 0 Å². The van der Waals surface area contributed by atoms with Gasteiger partial charge < -0.3 is 19.3 Å². The van der Waals surface area contributed by atoms with E-state index >= 15 is 0 Å². The number of amides is 1. The molecule has 2 aromatic carbocycles. The van der Waals surface area contributed by atoms with Gasteiger partial charge in [0, 0.05) is 7.05 Å². The summed E-state index contributed by atoms with van der Waals surface area (Å²) in [6, 6.07) is 17.2. The maximum absolute atomic E-state index is 13.4. The Bertz CT molecular complexity index is 694. The summed E-state index contributed by atoms with van der Waals surface area (Å²) < 4.78 is 24.8. The quantitative estimate of drug-likeness (QED) is 0.675. The minimum Gasteiger partial charge on any atom is -0.415 e. The van der Waals surface area contributed by atoms with Crippen molar-refractivity contribution in [1.29, 1.82) is 0 Å². The highest BCUT2D eigenvalue weighted by Crippen LogP contribution is 2.48. The van der Waals surface area contributed by atoms with Crippen LogP contribution in [0.1, 0.15) is 13.8 Å². The molecule has 26 heavy (non-hydrogen) atoms. The lowest BCUT2D eigenvalue weighted by Gasteiger charge is -2.26. The van der Waals surface area contributed by atoms with Gasteiger partial charge in [-0.15, -0.1) is 0 Å². The molecule has 0 bridgehead atoms. The molecule has 1 amide bonds. The Morgan fingerprint density at radius 2 is 1.50 bits per heavy atom. The second-order valence-electron chi connectivity index (χ2n) is 5.88. The Hall–Kier alpha value is -2.30. The van der Waals surface area contributed by atoms with Gasteiger partial charge in [0.15, 0.2) is 0 Å². The first-order valence-corrected chi connectivity index (χ1v) is 10.2. The van der Waals surface area contributed by atoms with E-state index in [0.29, 0.717) is 18.0 Å². The zero-order valence-corrected chi connectivity index (χ0v) is 16.2. The highest BCUT2D eigenvalue weighted by atomic mass is 31.2. The van der Waals surface area contributed by atoms with Crippen LogP contribution in [-0.4, -0.2) is 36.7 Å². The standard InChI is InChI=1S/C19H25N2O4P/c1-4-20-16(2)19(22)21(3)15-26(23,24-17-11-7-5-8-12-17)25-18-13-9-6-10-14-18/h5-14,16,20H,4,15H2,1-3H3. The predicted molar refractivity (Wildman–Crippen MR) is 103 cm³/mol. The Morgan fingerprint density at radius 1 is 1.04 bits per heavy atom. The minimum absolute atomic E-state index is 0.161. The van der Waals surface area contributed by atoms with Crippen LogP contribution in [0.15, 0.2) is 60.7 Å². The first-order chi connectivity index (χ1) is 12.4. The van der Waals surface area contributed by atoms with Crippen LogP contribution in [0.2, 0.25) is 0 Å². The third-order valence-corrected chi connectivity index (χ3v) is 5.37. The molecule has 0 heterocycles. The SMILES string of the molecule is CCNC(C)C(=O)N(C)CP(=O)(Oc1ccccc1)Oc1ccccc1. The minimum atomic E-state index is -3.65.